The molecule has 0 unspecified atom stereocenters. The fourth-order valence-corrected chi connectivity index (χ4v) is 2.69. The Balaban J connectivity index is 2.31. The fourth-order valence-electron chi connectivity index (χ4n) is 1.73. The van der Waals surface area contributed by atoms with Gasteiger partial charge in [0.15, 0.2) is 0 Å². The molecule has 1 heterocycles. The summed E-state index contributed by atoms with van der Waals surface area (Å²) in [4.78, 5) is 34.1. The number of carbonyl (C=O) groups excluding carboxylic acids is 3. The SMILES string of the molecule is NC(=O)Nc1sc(NC(=O)c2c(F)cccc2F)cc1C(N)=O. The molecule has 23 heavy (non-hydrogen) atoms. The molecule has 0 atom stereocenters. The van der Waals surface area contributed by atoms with E-state index in [1.807, 2.05) is 0 Å². The first-order chi connectivity index (χ1) is 10.8. The van der Waals surface area contributed by atoms with Gasteiger partial charge in [0.25, 0.3) is 11.8 Å². The Morgan fingerprint density at radius 3 is 2.17 bits per heavy atom. The molecule has 0 fully saturated rings. The molecule has 2 rings (SSSR count). The predicted molar refractivity (Wildman–Crippen MR) is 80.4 cm³/mol. The monoisotopic (exact) mass is 340 g/mol. The number of hydrogen-bond donors (Lipinski definition) is 4. The van der Waals surface area contributed by atoms with Gasteiger partial charge < -0.3 is 16.8 Å². The Kier molecular flexibility index (Phi) is 4.55. The number of amides is 4. The maximum absolute atomic E-state index is 13.5. The number of halogens is 2. The first kappa shape index (κ1) is 16.4. The summed E-state index contributed by atoms with van der Waals surface area (Å²) in [7, 11) is 0. The van der Waals surface area contributed by atoms with E-state index in [9.17, 15) is 23.2 Å². The minimum Gasteiger partial charge on any atom is -0.366 e. The van der Waals surface area contributed by atoms with E-state index >= 15 is 0 Å². The van der Waals surface area contributed by atoms with Crippen LogP contribution in [0, 0.1) is 11.6 Å². The highest BCUT2D eigenvalue weighted by Crippen LogP contribution is 2.32. The topological polar surface area (TPSA) is 127 Å². The molecule has 0 saturated heterocycles. The summed E-state index contributed by atoms with van der Waals surface area (Å²) in [5.41, 5.74) is 9.22. The molecule has 0 aliphatic rings. The first-order valence-electron chi connectivity index (χ1n) is 6.05. The van der Waals surface area contributed by atoms with Gasteiger partial charge in [0.05, 0.1) is 10.6 Å². The minimum atomic E-state index is -1.05. The standard InChI is InChI=1S/C13H10F2N4O3S/c14-6-2-1-3-7(15)9(6)11(21)18-8-4-5(10(16)20)12(23-8)19-13(17)22/h1-4H,(H2,16,20)(H,18,21)(H3,17,19,22). The van der Waals surface area contributed by atoms with Crippen molar-refractivity contribution in [3.8, 4) is 0 Å². The number of nitrogens with two attached hydrogens (primary N) is 2. The summed E-state index contributed by atoms with van der Waals surface area (Å²) >= 11 is 0.761. The van der Waals surface area contributed by atoms with Gasteiger partial charge in [0, 0.05) is 0 Å². The van der Waals surface area contributed by atoms with Crippen LogP contribution in [0.3, 0.4) is 0 Å². The van der Waals surface area contributed by atoms with Gasteiger partial charge in [-0.3, -0.25) is 14.9 Å². The van der Waals surface area contributed by atoms with Crippen LogP contribution in [0.1, 0.15) is 20.7 Å². The van der Waals surface area contributed by atoms with Crippen LogP contribution >= 0.6 is 11.3 Å². The minimum absolute atomic E-state index is 0.00862. The molecular formula is C13H10F2N4O3S. The van der Waals surface area contributed by atoms with Crippen molar-refractivity contribution in [3.63, 3.8) is 0 Å². The average Bonchev–Trinajstić information content (AvgIpc) is 2.80. The Labute approximate surface area is 132 Å². The van der Waals surface area contributed by atoms with Crippen LogP contribution < -0.4 is 22.1 Å². The molecule has 0 aliphatic heterocycles. The molecule has 0 aliphatic carbocycles. The molecule has 120 valence electrons. The molecule has 1 aromatic heterocycles. The van der Waals surface area contributed by atoms with E-state index in [1.54, 1.807) is 0 Å². The second kappa shape index (κ2) is 6.40. The van der Waals surface area contributed by atoms with Crippen LogP contribution in [0.2, 0.25) is 0 Å². The Bertz CT molecular complexity index is 786. The summed E-state index contributed by atoms with van der Waals surface area (Å²) in [5.74, 6) is -4.00. The molecule has 7 nitrogen and oxygen atoms in total. The van der Waals surface area contributed by atoms with Gasteiger partial charge >= 0.3 is 6.03 Å². The zero-order chi connectivity index (χ0) is 17.1. The van der Waals surface area contributed by atoms with Gasteiger partial charge in [-0.25, -0.2) is 13.6 Å². The van der Waals surface area contributed by atoms with Crippen molar-refractivity contribution in [1.29, 1.82) is 0 Å². The van der Waals surface area contributed by atoms with Crippen LogP contribution in [0.15, 0.2) is 24.3 Å². The van der Waals surface area contributed by atoms with Crippen molar-refractivity contribution in [3.05, 3.63) is 47.0 Å². The highest BCUT2D eigenvalue weighted by atomic mass is 32.1. The van der Waals surface area contributed by atoms with E-state index < -0.39 is 35.0 Å². The molecule has 0 saturated carbocycles. The lowest BCUT2D eigenvalue weighted by atomic mass is 10.2. The molecule has 0 spiro atoms. The molecular weight excluding hydrogens is 330 g/mol. The highest BCUT2D eigenvalue weighted by molar-refractivity contribution is 7.20. The number of primary amides is 2. The quantitative estimate of drug-likeness (QED) is 0.678. The molecule has 1 aromatic carbocycles. The lowest BCUT2D eigenvalue weighted by molar-refractivity contribution is 0.0996. The predicted octanol–water partition coefficient (Wildman–Crippen LogP) is 1.87. The number of anilines is 2. The van der Waals surface area contributed by atoms with Gasteiger partial charge in [-0.1, -0.05) is 17.4 Å². The molecule has 0 radical (unpaired) electrons. The number of nitrogens with one attached hydrogen (secondary N) is 2. The molecule has 0 bridgehead atoms. The average molecular weight is 340 g/mol. The van der Waals surface area contributed by atoms with Crippen LogP contribution in [0.25, 0.3) is 0 Å². The van der Waals surface area contributed by atoms with Gasteiger partial charge in [0.2, 0.25) is 0 Å². The Morgan fingerprint density at radius 1 is 1.04 bits per heavy atom. The van der Waals surface area contributed by atoms with Crippen LogP contribution in [0.5, 0.6) is 0 Å². The summed E-state index contributed by atoms with van der Waals surface area (Å²) in [6, 6.07) is 3.21. The van der Waals surface area contributed by atoms with E-state index in [-0.39, 0.29) is 15.6 Å². The van der Waals surface area contributed by atoms with Crippen molar-refractivity contribution in [1.82, 2.24) is 0 Å². The van der Waals surface area contributed by atoms with E-state index in [4.69, 9.17) is 11.5 Å². The smallest absolute Gasteiger partial charge is 0.317 e. The number of thiophene rings is 1. The summed E-state index contributed by atoms with van der Waals surface area (Å²) in [6.07, 6.45) is 0. The largest absolute Gasteiger partial charge is 0.366 e. The summed E-state index contributed by atoms with van der Waals surface area (Å²) in [5, 5.41) is 4.46. The number of benzene rings is 1. The van der Waals surface area contributed by atoms with Crippen molar-refractivity contribution in [2.75, 3.05) is 10.6 Å². The highest BCUT2D eigenvalue weighted by Gasteiger charge is 2.20. The van der Waals surface area contributed by atoms with E-state index in [0.717, 1.165) is 35.6 Å². The van der Waals surface area contributed by atoms with Crippen LogP contribution in [0.4, 0.5) is 23.6 Å². The molecule has 10 heteroatoms. The number of hydrogen-bond acceptors (Lipinski definition) is 4. The zero-order valence-electron chi connectivity index (χ0n) is 11.4. The van der Waals surface area contributed by atoms with E-state index in [1.165, 1.54) is 0 Å². The molecule has 6 N–H and O–H groups in total. The van der Waals surface area contributed by atoms with Gasteiger partial charge in [0.1, 0.15) is 22.2 Å². The van der Waals surface area contributed by atoms with Crippen molar-refractivity contribution in [2.45, 2.75) is 0 Å². The lowest BCUT2D eigenvalue weighted by Gasteiger charge is -2.04. The molecule has 2 aromatic rings. The number of carbonyl (C=O) groups is 3. The van der Waals surface area contributed by atoms with Crippen LogP contribution in [-0.2, 0) is 0 Å². The van der Waals surface area contributed by atoms with Crippen molar-refractivity contribution >= 4 is 39.2 Å². The summed E-state index contributed by atoms with van der Waals surface area (Å²) in [6.45, 7) is 0. The second-order valence-corrected chi connectivity index (χ2v) is 5.31. The normalized spacial score (nSPS) is 10.2. The van der Waals surface area contributed by atoms with E-state index in [2.05, 4.69) is 10.6 Å². The number of rotatable bonds is 4. The third-order valence-corrected chi connectivity index (χ3v) is 3.63. The van der Waals surface area contributed by atoms with E-state index in [0.29, 0.717) is 0 Å². The van der Waals surface area contributed by atoms with Gasteiger partial charge in [-0.15, -0.1) is 0 Å². The van der Waals surface area contributed by atoms with Gasteiger partial charge in [-0.2, -0.15) is 0 Å². The van der Waals surface area contributed by atoms with Crippen LogP contribution in [-0.4, -0.2) is 17.8 Å². The van der Waals surface area contributed by atoms with Gasteiger partial charge in [-0.05, 0) is 18.2 Å². The second-order valence-electron chi connectivity index (χ2n) is 4.26. The first-order valence-corrected chi connectivity index (χ1v) is 6.86. The van der Waals surface area contributed by atoms with Crippen molar-refractivity contribution in [2.24, 2.45) is 11.5 Å². The number of urea groups is 1. The van der Waals surface area contributed by atoms with Crippen molar-refractivity contribution < 1.29 is 23.2 Å². The maximum atomic E-state index is 13.5. The third-order valence-electron chi connectivity index (χ3n) is 2.66. The Hall–Kier alpha value is -3.01. The maximum Gasteiger partial charge on any atom is 0.317 e. The fraction of sp³-hybridized carbons (Fsp3) is 0. The third kappa shape index (κ3) is 3.61. The zero-order valence-corrected chi connectivity index (χ0v) is 12.2. The molecule has 4 amide bonds. The summed E-state index contributed by atoms with van der Waals surface area (Å²) < 4.78 is 27.1. The lowest BCUT2D eigenvalue weighted by Crippen LogP contribution is -2.21. The Morgan fingerprint density at radius 2 is 1.65 bits per heavy atom.